The fourth-order valence-corrected chi connectivity index (χ4v) is 2.40. The molecule has 1 heterocycles. The van der Waals surface area contributed by atoms with Crippen LogP contribution in [0.15, 0.2) is 30.3 Å². The minimum atomic E-state index is 0.114. The summed E-state index contributed by atoms with van der Waals surface area (Å²) >= 11 is 0. The first-order valence-electron chi connectivity index (χ1n) is 6.83. The van der Waals surface area contributed by atoms with E-state index in [1.165, 1.54) is 6.42 Å². The maximum atomic E-state index is 12.1. The Kier molecular flexibility index (Phi) is 4.61. The average Bonchev–Trinajstić information content (AvgIpc) is 2.46. The lowest BCUT2D eigenvalue weighted by atomic mass is 10.0. The lowest BCUT2D eigenvalue weighted by Crippen LogP contribution is -2.41. The first kappa shape index (κ1) is 13.7. The van der Waals surface area contributed by atoms with E-state index in [9.17, 15) is 4.79 Å². The van der Waals surface area contributed by atoms with E-state index >= 15 is 0 Å². The van der Waals surface area contributed by atoms with Crippen molar-refractivity contribution in [3.05, 3.63) is 35.9 Å². The number of carbonyl (C=O) groups excluding carboxylic acids is 1. The lowest BCUT2D eigenvalue weighted by molar-refractivity contribution is -0.129. The fraction of sp³-hybridized carbons (Fsp3) is 0.438. The number of ether oxygens (including phenoxy) is 1. The molecule has 1 amide bonds. The zero-order valence-corrected chi connectivity index (χ0v) is 11.6. The van der Waals surface area contributed by atoms with Gasteiger partial charge in [-0.3, -0.25) is 4.79 Å². The van der Waals surface area contributed by atoms with Gasteiger partial charge in [-0.25, -0.2) is 0 Å². The van der Waals surface area contributed by atoms with Gasteiger partial charge in [-0.05, 0) is 50.0 Å². The zero-order valence-electron chi connectivity index (χ0n) is 11.6. The number of hydrogen-bond acceptors (Lipinski definition) is 2. The van der Waals surface area contributed by atoms with Gasteiger partial charge in [0.1, 0.15) is 5.75 Å². The Morgan fingerprint density at radius 2 is 2.05 bits per heavy atom. The van der Waals surface area contributed by atoms with Crippen molar-refractivity contribution in [2.24, 2.45) is 0 Å². The van der Waals surface area contributed by atoms with Gasteiger partial charge in [-0.15, -0.1) is 0 Å². The topological polar surface area (TPSA) is 29.5 Å². The van der Waals surface area contributed by atoms with E-state index in [-0.39, 0.29) is 5.91 Å². The van der Waals surface area contributed by atoms with Gasteiger partial charge in [0.05, 0.1) is 7.11 Å². The van der Waals surface area contributed by atoms with Crippen LogP contribution in [-0.4, -0.2) is 30.5 Å². The van der Waals surface area contributed by atoms with Crippen molar-refractivity contribution in [2.75, 3.05) is 13.7 Å². The largest absolute Gasteiger partial charge is 0.497 e. The second-order valence-corrected chi connectivity index (χ2v) is 4.98. The van der Waals surface area contributed by atoms with Gasteiger partial charge < -0.3 is 9.64 Å². The molecule has 3 nitrogen and oxygen atoms in total. The molecule has 0 bridgehead atoms. The van der Waals surface area contributed by atoms with Gasteiger partial charge in [-0.1, -0.05) is 12.1 Å². The monoisotopic (exact) mass is 259 g/mol. The van der Waals surface area contributed by atoms with Gasteiger partial charge in [-0.2, -0.15) is 0 Å². The van der Waals surface area contributed by atoms with E-state index < -0.39 is 0 Å². The second kappa shape index (κ2) is 6.41. The number of piperidine rings is 1. The van der Waals surface area contributed by atoms with Crippen LogP contribution >= 0.6 is 0 Å². The van der Waals surface area contributed by atoms with Crippen LogP contribution in [0.2, 0.25) is 0 Å². The molecule has 0 aliphatic carbocycles. The summed E-state index contributed by atoms with van der Waals surface area (Å²) in [4.78, 5) is 14.1. The zero-order chi connectivity index (χ0) is 13.7. The summed E-state index contributed by atoms with van der Waals surface area (Å²) in [5.74, 6) is 0.941. The average molecular weight is 259 g/mol. The molecule has 1 aromatic carbocycles. The maximum Gasteiger partial charge on any atom is 0.246 e. The number of benzene rings is 1. The highest BCUT2D eigenvalue weighted by molar-refractivity contribution is 5.92. The summed E-state index contributed by atoms with van der Waals surface area (Å²) < 4.78 is 5.10. The smallest absolute Gasteiger partial charge is 0.246 e. The fourth-order valence-electron chi connectivity index (χ4n) is 2.40. The molecule has 1 aliphatic heterocycles. The van der Waals surface area contributed by atoms with Crippen molar-refractivity contribution < 1.29 is 9.53 Å². The summed E-state index contributed by atoms with van der Waals surface area (Å²) in [6.07, 6.45) is 6.99. The summed E-state index contributed by atoms with van der Waals surface area (Å²) in [6.45, 7) is 3.01. The number of hydrogen-bond donors (Lipinski definition) is 0. The predicted molar refractivity (Wildman–Crippen MR) is 77.1 cm³/mol. The number of rotatable bonds is 3. The van der Waals surface area contributed by atoms with E-state index in [2.05, 4.69) is 6.92 Å². The SMILES string of the molecule is COc1ccc(/C=C/C(=O)N2CCCC[C@H]2C)cc1. The molecule has 0 unspecified atom stereocenters. The number of nitrogens with zero attached hydrogens (tertiary/aromatic N) is 1. The van der Waals surface area contributed by atoms with Crippen molar-refractivity contribution in [2.45, 2.75) is 32.2 Å². The van der Waals surface area contributed by atoms with Crippen LogP contribution in [0.25, 0.3) is 6.08 Å². The van der Waals surface area contributed by atoms with Crippen LogP contribution in [0.5, 0.6) is 5.75 Å². The summed E-state index contributed by atoms with van der Waals surface area (Å²) in [5, 5.41) is 0. The normalized spacial score (nSPS) is 19.7. The molecule has 1 fully saturated rings. The van der Waals surface area contributed by atoms with Gasteiger partial charge >= 0.3 is 0 Å². The third-order valence-corrected chi connectivity index (χ3v) is 3.62. The highest BCUT2D eigenvalue weighted by Gasteiger charge is 2.20. The third kappa shape index (κ3) is 3.60. The van der Waals surface area contributed by atoms with Crippen LogP contribution in [0.3, 0.4) is 0 Å². The van der Waals surface area contributed by atoms with Gasteiger partial charge in [0, 0.05) is 18.7 Å². The van der Waals surface area contributed by atoms with E-state index in [4.69, 9.17) is 4.74 Å². The van der Waals surface area contributed by atoms with Crippen LogP contribution in [0, 0.1) is 0 Å². The molecular weight excluding hydrogens is 238 g/mol. The van der Waals surface area contributed by atoms with Gasteiger partial charge in [0.2, 0.25) is 5.91 Å². The minimum absolute atomic E-state index is 0.114. The molecule has 0 radical (unpaired) electrons. The van der Waals surface area contributed by atoms with Gasteiger partial charge in [0.25, 0.3) is 0 Å². The lowest BCUT2D eigenvalue weighted by Gasteiger charge is -2.32. The van der Waals surface area contributed by atoms with Crippen LogP contribution < -0.4 is 4.74 Å². The number of methoxy groups -OCH3 is 1. The Hall–Kier alpha value is -1.77. The molecule has 1 saturated heterocycles. The molecule has 2 rings (SSSR count). The first-order valence-corrected chi connectivity index (χ1v) is 6.83. The maximum absolute atomic E-state index is 12.1. The summed E-state index contributed by atoms with van der Waals surface area (Å²) in [7, 11) is 1.64. The van der Waals surface area contributed by atoms with Crippen molar-refractivity contribution in [3.63, 3.8) is 0 Å². The van der Waals surface area contributed by atoms with Crippen molar-refractivity contribution in [1.82, 2.24) is 4.90 Å². The third-order valence-electron chi connectivity index (χ3n) is 3.62. The molecule has 102 valence electrons. The minimum Gasteiger partial charge on any atom is -0.497 e. The molecule has 19 heavy (non-hydrogen) atoms. The van der Waals surface area contributed by atoms with Crippen LogP contribution in [0.4, 0.5) is 0 Å². The first-order chi connectivity index (χ1) is 9.20. The van der Waals surface area contributed by atoms with Gasteiger partial charge in [0.15, 0.2) is 0 Å². The number of amides is 1. The summed E-state index contributed by atoms with van der Waals surface area (Å²) in [5.41, 5.74) is 1.01. The molecule has 1 aromatic rings. The molecule has 0 saturated carbocycles. The number of likely N-dealkylation sites (tertiary alicyclic amines) is 1. The molecule has 1 atom stereocenters. The van der Waals surface area contributed by atoms with E-state index in [0.29, 0.717) is 6.04 Å². The Bertz CT molecular complexity index is 450. The van der Waals surface area contributed by atoms with Crippen LogP contribution in [-0.2, 0) is 4.79 Å². The molecule has 3 heteroatoms. The Morgan fingerprint density at radius 1 is 1.32 bits per heavy atom. The quantitative estimate of drug-likeness (QED) is 0.781. The van der Waals surface area contributed by atoms with E-state index in [1.54, 1.807) is 13.2 Å². The Labute approximate surface area is 114 Å². The second-order valence-electron chi connectivity index (χ2n) is 4.98. The summed E-state index contributed by atoms with van der Waals surface area (Å²) in [6, 6.07) is 8.05. The number of carbonyl (C=O) groups is 1. The predicted octanol–water partition coefficient (Wildman–Crippen LogP) is 3.11. The van der Waals surface area contributed by atoms with Crippen molar-refractivity contribution >= 4 is 12.0 Å². The molecular formula is C16H21NO2. The standard InChI is InChI=1S/C16H21NO2/c1-13-5-3-4-12-17(13)16(18)11-8-14-6-9-15(19-2)10-7-14/h6-11,13H,3-5,12H2,1-2H3/b11-8+/t13-/m1/s1. The Morgan fingerprint density at radius 3 is 2.68 bits per heavy atom. The van der Waals surface area contributed by atoms with Crippen molar-refractivity contribution in [3.8, 4) is 5.75 Å². The highest BCUT2D eigenvalue weighted by atomic mass is 16.5. The van der Waals surface area contributed by atoms with Crippen LogP contribution in [0.1, 0.15) is 31.7 Å². The molecule has 1 aliphatic rings. The molecule has 0 aromatic heterocycles. The molecule has 0 N–H and O–H groups in total. The van der Waals surface area contributed by atoms with Crippen molar-refractivity contribution in [1.29, 1.82) is 0 Å². The Balaban J connectivity index is 1.98. The van der Waals surface area contributed by atoms with E-state index in [0.717, 1.165) is 30.7 Å². The van der Waals surface area contributed by atoms with E-state index in [1.807, 2.05) is 35.2 Å². The molecule has 0 spiro atoms. The highest BCUT2D eigenvalue weighted by Crippen LogP contribution is 2.17.